The Morgan fingerprint density at radius 1 is 1.32 bits per heavy atom. The van der Waals surface area contributed by atoms with Crippen molar-refractivity contribution in [1.29, 1.82) is 0 Å². The smallest absolute Gasteiger partial charge is 0.242 e. The molecule has 0 atom stereocenters. The lowest BCUT2D eigenvalue weighted by Gasteiger charge is -2.15. The van der Waals surface area contributed by atoms with Gasteiger partial charge in [0.25, 0.3) is 0 Å². The number of carbonyl (C=O) groups is 1. The molecule has 2 heterocycles. The van der Waals surface area contributed by atoms with Crippen LogP contribution in [-0.2, 0) is 14.8 Å². The van der Waals surface area contributed by atoms with Crippen LogP contribution in [0.5, 0.6) is 0 Å². The van der Waals surface area contributed by atoms with Gasteiger partial charge in [0, 0.05) is 58.1 Å². The van der Waals surface area contributed by atoms with Crippen molar-refractivity contribution in [3.8, 4) is 0 Å². The average molecular weight is 524 g/mol. The fourth-order valence-corrected chi connectivity index (χ4v) is 3.69. The maximum Gasteiger partial charge on any atom is 0.242 e. The molecule has 1 aliphatic heterocycles. The molecule has 0 radical (unpaired) electrons. The molecule has 1 aliphatic rings. The second-order valence-corrected chi connectivity index (χ2v) is 7.88. The van der Waals surface area contributed by atoms with Crippen LogP contribution in [0, 0.1) is 0 Å². The molecule has 0 unspecified atom stereocenters. The van der Waals surface area contributed by atoms with Gasteiger partial charge in [-0.25, -0.2) is 13.1 Å². The van der Waals surface area contributed by atoms with Gasteiger partial charge in [-0.05, 0) is 31.9 Å². The van der Waals surface area contributed by atoms with Crippen molar-refractivity contribution >= 4 is 45.9 Å². The number of pyridine rings is 1. The van der Waals surface area contributed by atoms with Crippen LogP contribution in [0.4, 0.5) is 0 Å². The number of amides is 1. The van der Waals surface area contributed by atoms with E-state index in [2.05, 4.69) is 25.3 Å². The standard InChI is InChI=1S/C17H28N6O3S.HI/c1-2-19-17(20-9-5-13-23-12-4-7-16(23)24)21-10-11-22-27(25,26)15-6-3-8-18-14-15;/h3,6,8,14,22H,2,4-5,7,9-13H2,1H3,(H2,19,20,21);1H. The van der Waals surface area contributed by atoms with Crippen molar-refractivity contribution in [2.24, 2.45) is 4.99 Å². The zero-order valence-corrected chi connectivity index (χ0v) is 19.2. The highest BCUT2D eigenvalue weighted by molar-refractivity contribution is 14.0. The fraction of sp³-hybridized carbons (Fsp3) is 0.588. The summed E-state index contributed by atoms with van der Waals surface area (Å²) in [6.45, 7) is 5.47. The van der Waals surface area contributed by atoms with Gasteiger partial charge in [0.05, 0.1) is 0 Å². The summed E-state index contributed by atoms with van der Waals surface area (Å²) in [5, 5.41) is 6.22. The highest BCUT2D eigenvalue weighted by atomic mass is 127. The number of rotatable bonds is 10. The number of hydrogen-bond donors (Lipinski definition) is 3. The third-order valence-electron chi connectivity index (χ3n) is 4.03. The summed E-state index contributed by atoms with van der Waals surface area (Å²) in [4.78, 5) is 21.9. The highest BCUT2D eigenvalue weighted by Crippen LogP contribution is 2.09. The quantitative estimate of drug-likeness (QED) is 0.178. The molecule has 11 heteroatoms. The zero-order valence-electron chi connectivity index (χ0n) is 16.1. The van der Waals surface area contributed by atoms with Crippen LogP contribution in [-0.4, -0.2) is 69.4 Å². The number of nitrogens with zero attached hydrogens (tertiary/aromatic N) is 3. The Hall–Kier alpha value is -1.47. The van der Waals surface area contributed by atoms with E-state index in [1.54, 1.807) is 6.07 Å². The maximum atomic E-state index is 12.1. The predicted molar refractivity (Wildman–Crippen MR) is 119 cm³/mol. The Labute approximate surface area is 183 Å². The van der Waals surface area contributed by atoms with E-state index in [4.69, 9.17) is 0 Å². The summed E-state index contributed by atoms with van der Waals surface area (Å²) < 4.78 is 26.7. The van der Waals surface area contributed by atoms with E-state index >= 15 is 0 Å². The monoisotopic (exact) mass is 524 g/mol. The van der Waals surface area contributed by atoms with Gasteiger partial charge in [-0.3, -0.25) is 14.8 Å². The van der Waals surface area contributed by atoms with E-state index in [0.29, 0.717) is 32.0 Å². The van der Waals surface area contributed by atoms with E-state index in [9.17, 15) is 13.2 Å². The second kappa shape index (κ2) is 12.9. The minimum Gasteiger partial charge on any atom is -0.357 e. The van der Waals surface area contributed by atoms with Crippen LogP contribution in [0.15, 0.2) is 34.4 Å². The van der Waals surface area contributed by atoms with Crippen molar-refractivity contribution in [1.82, 2.24) is 25.2 Å². The second-order valence-electron chi connectivity index (χ2n) is 6.11. The molecular formula is C17H29IN6O3S. The Kier molecular flexibility index (Phi) is 11.3. The van der Waals surface area contributed by atoms with Gasteiger partial charge in [-0.1, -0.05) is 0 Å². The first kappa shape index (κ1) is 24.6. The first-order chi connectivity index (χ1) is 13.0. The summed E-state index contributed by atoms with van der Waals surface area (Å²) in [5.41, 5.74) is 0. The topological polar surface area (TPSA) is 116 Å². The number of aromatic nitrogens is 1. The van der Waals surface area contributed by atoms with Crippen molar-refractivity contribution in [2.75, 3.05) is 39.3 Å². The van der Waals surface area contributed by atoms with E-state index in [1.807, 2.05) is 11.8 Å². The van der Waals surface area contributed by atoms with Gasteiger partial charge in [0.2, 0.25) is 15.9 Å². The molecule has 0 saturated carbocycles. The highest BCUT2D eigenvalue weighted by Gasteiger charge is 2.18. The molecule has 0 spiro atoms. The summed E-state index contributed by atoms with van der Waals surface area (Å²) in [6.07, 6.45) is 5.24. The third kappa shape index (κ3) is 8.27. The van der Waals surface area contributed by atoms with Gasteiger partial charge in [-0.2, -0.15) is 0 Å². The first-order valence-corrected chi connectivity index (χ1v) is 10.7. The van der Waals surface area contributed by atoms with Crippen LogP contribution in [0.1, 0.15) is 26.2 Å². The minimum absolute atomic E-state index is 0. The lowest BCUT2D eigenvalue weighted by Crippen LogP contribution is -2.41. The van der Waals surface area contributed by atoms with Crippen LogP contribution < -0.4 is 15.4 Å². The number of sulfonamides is 1. The number of nitrogens with one attached hydrogen (secondary N) is 3. The molecule has 3 N–H and O–H groups in total. The summed E-state index contributed by atoms with van der Waals surface area (Å²) in [6, 6.07) is 3.08. The van der Waals surface area contributed by atoms with E-state index in [0.717, 1.165) is 25.9 Å². The van der Waals surface area contributed by atoms with Crippen LogP contribution >= 0.6 is 24.0 Å². The van der Waals surface area contributed by atoms with Crippen LogP contribution in [0.3, 0.4) is 0 Å². The van der Waals surface area contributed by atoms with Crippen molar-refractivity contribution in [3.63, 3.8) is 0 Å². The summed E-state index contributed by atoms with van der Waals surface area (Å²) in [5.74, 6) is 0.857. The van der Waals surface area contributed by atoms with Gasteiger partial charge < -0.3 is 15.5 Å². The van der Waals surface area contributed by atoms with Crippen molar-refractivity contribution < 1.29 is 13.2 Å². The lowest BCUT2D eigenvalue weighted by atomic mass is 10.4. The molecule has 9 nitrogen and oxygen atoms in total. The summed E-state index contributed by atoms with van der Waals surface area (Å²) in [7, 11) is -3.56. The Bertz CT molecular complexity index is 730. The van der Waals surface area contributed by atoms with Gasteiger partial charge in [-0.15, -0.1) is 24.0 Å². The number of carbonyl (C=O) groups excluding carboxylic acids is 1. The van der Waals surface area contributed by atoms with Gasteiger partial charge in [0.15, 0.2) is 5.96 Å². The van der Waals surface area contributed by atoms with Crippen LogP contribution in [0.2, 0.25) is 0 Å². The molecule has 0 aromatic carbocycles. The molecule has 0 bridgehead atoms. The van der Waals surface area contributed by atoms with E-state index < -0.39 is 10.0 Å². The fourth-order valence-electron chi connectivity index (χ4n) is 2.69. The molecule has 2 rings (SSSR count). The third-order valence-corrected chi connectivity index (χ3v) is 5.47. The molecule has 28 heavy (non-hydrogen) atoms. The molecule has 158 valence electrons. The predicted octanol–water partition coefficient (Wildman–Crippen LogP) is 0.546. The number of aliphatic imine (C=N–C) groups is 1. The Balaban J connectivity index is 0.00000392. The lowest BCUT2D eigenvalue weighted by molar-refractivity contribution is -0.127. The zero-order chi connectivity index (χ0) is 19.5. The molecule has 1 aromatic heterocycles. The minimum atomic E-state index is -3.56. The van der Waals surface area contributed by atoms with Gasteiger partial charge >= 0.3 is 0 Å². The summed E-state index contributed by atoms with van der Waals surface area (Å²) >= 11 is 0. The SMILES string of the molecule is CCNC(=NCCCN1CCCC1=O)NCCNS(=O)(=O)c1cccnc1.I. The molecule has 1 aromatic rings. The number of hydrogen-bond acceptors (Lipinski definition) is 5. The Morgan fingerprint density at radius 3 is 2.79 bits per heavy atom. The normalized spacial score (nSPS) is 14.7. The van der Waals surface area contributed by atoms with E-state index in [-0.39, 0.29) is 41.3 Å². The molecule has 1 saturated heterocycles. The number of guanidine groups is 1. The molecular weight excluding hydrogens is 495 g/mol. The first-order valence-electron chi connectivity index (χ1n) is 9.22. The Morgan fingerprint density at radius 2 is 2.14 bits per heavy atom. The van der Waals surface area contributed by atoms with E-state index in [1.165, 1.54) is 18.5 Å². The van der Waals surface area contributed by atoms with Crippen molar-refractivity contribution in [2.45, 2.75) is 31.1 Å². The average Bonchev–Trinajstić information content (AvgIpc) is 3.07. The number of halogens is 1. The number of likely N-dealkylation sites (tertiary alicyclic amines) is 1. The molecule has 1 amide bonds. The van der Waals surface area contributed by atoms with Gasteiger partial charge in [0.1, 0.15) is 4.90 Å². The van der Waals surface area contributed by atoms with Crippen molar-refractivity contribution in [3.05, 3.63) is 24.5 Å². The largest absolute Gasteiger partial charge is 0.357 e. The van der Waals surface area contributed by atoms with Crippen LogP contribution in [0.25, 0.3) is 0 Å². The maximum absolute atomic E-state index is 12.1. The molecule has 1 fully saturated rings. The molecule has 0 aliphatic carbocycles.